The second kappa shape index (κ2) is 4.01. The molecular formula is C12H17NO. The Morgan fingerprint density at radius 1 is 1.36 bits per heavy atom. The van der Waals surface area contributed by atoms with E-state index in [0.29, 0.717) is 6.04 Å². The number of aliphatic hydroxyl groups excluding tert-OH is 1. The normalized spacial score (nSPS) is 23.9. The molecular weight excluding hydrogens is 174 g/mol. The molecule has 0 saturated carbocycles. The topological polar surface area (TPSA) is 23.5 Å². The first-order chi connectivity index (χ1) is 6.79. The first-order valence-electron chi connectivity index (χ1n) is 5.29. The summed E-state index contributed by atoms with van der Waals surface area (Å²) in [6.07, 6.45) is 2.05. The third kappa shape index (κ3) is 1.75. The minimum atomic E-state index is -0.238. The van der Waals surface area contributed by atoms with Gasteiger partial charge >= 0.3 is 0 Å². The highest BCUT2D eigenvalue weighted by atomic mass is 16.3. The van der Waals surface area contributed by atoms with Gasteiger partial charge in [0.25, 0.3) is 0 Å². The fourth-order valence-electron chi connectivity index (χ4n) is 2.23. The molecule has 2 unspecified atom stereocenters. The fraction of sp³-hybridized carbons (Fsp3) is 0.500. The quantitative estimate of drug-likeness (QED) is 0.773. The molecule has 1 heterocycles. The third-order valence-electron chi connectivity index (χ3n) is 2.94. The lowest BCUT2D eigenvalue weighted by Crippen LogP contribution is -2.37. The van der Waals surface area contributed by atoms with Crippen molar-refractivity contribution in [3.63, 3.8) is 0 Å². The van der Waals surface area contributed by atoms with Gasteiger partial charge < -0.3 is 10.0 Å². The number of hydrogen-bond acceptors (Lipinski definition) is 2. The maximum Gasteiger partial charge on any atom is 0.0715 e. The summed E-state index contributed by atoms with van der Waals surface area (Å²) in [5.74, 6) is 0. The molecule has 2 heteroatoms. The molecule has 76 valence electrons. The van der Waals surface area contributed by atoms with Crippen LogP contribution in [-0.2, 0) is 0 Å². The van der Waals surface area contributed by atoms with Gasteiger partial charge in [-0.1, -0.05) is 18.2 Å². The summed E-state index contributed by atoms with van der Waals surface area (Å²) < 4.78 is 0. The van der Waals surface area contributed by atoms with E-state index in [-0.39, 0.29) is 6.10 Å². The van der Waals surface area contributed by atoms with E-state index in [9.17, 15) is 5.11 Å². The Balaban J connectivity index is 2.18. The van der Waals surface area contributed by atoms with E-state index in [1.54, 1.807) is 0 Å². The van der Waals surface area contributed by atoms with E-state index >= 15 is 0 Å². The molecule has 0 radical (unpaired) electrons. The number of anilines is 1. The molecule has 14 heavy (non-hydrogen) atoms. The first-order valence-corrected chi connectivity index (χ1v) is 5.29. The van der Waals surface area contributed by atoms with Crippen molar-refractivity contribution in [2.24, 2.45) is 0 Å². The van der Waals surface area contributed by atoms with E-state index in [1.165, 1.54) is 12.1 Å². The average Bonchev–Trinajstić information content (AvgIpc) is 2.67. The molecule has 1 aromatic rings. The van der Waals surface area contributed by atoms with Crippen LogP contribution < -0.4 is 4.90 Å². The van der Waals surface area contributed by atoms with Crippen LogP contribution in [0.5, 0.6) is 0 Å². The van der Waals surface area contributed by atoms with E-state index in [2.05, 4.69) is 17.0 Å². The van der Waals surface area contributed by atoms with Gasteiger partial charge in [0, 0.05) is 12.2 Å². The smallest absolute Gasteiger partial charge is 0.0715 e. The van der Waals surface area contributed by atoms with Gasteiger partial charge in [-0.05, 0) is 31.9 Å². The van der Waals surface area contributed by atoms with Crippen LogP contribution in [0.3, 0.4) is 0 Å². The van der Waals surface area contributed by atoms with E-state index in [0.717, 1.165) is 13.0 Å². The summed E-state index contributed by atoms with van der Waals surface area (Å²) in [6.45, 7) is 2.95. The van der Waals surface area contributed by atoms with Crippen molar-refractivity contribution in [3.05, 3.63) is 30.3 Å². The molecule has 0 aliphatic carbocycles. The van der Waals surface area contributed by atoms with E-state index < -0.39 is 0 Å². The van der Waals surface area contributed by atoms with Crippen LogP contribution in [0.1, 0.15) is 19.8 Å². The molecule has 0 aromatic heterocycles. The Morgan fingerprint density at radius 2 is 2.07 bits per heavy atom. The molecule has 1 saturated heterocycles. The SMILES string of the molecule is CC(O)C1CCCN1c1ccccc1. The van der Waals surface area contributed by atoms with Gasteiger partial charge in [0.1, 0.15) is 0 Å². The predicted molar refractivity (Wildman–Crippen MR) is 58.5 cm³/mol. The lowest BCUT2D eigenvalue weighted by molar-refractivity contribution is 0.164. The monoisotopic (exact) mass is 191 g/mol. The molecule has 2 nitrogen and oxygen atoms in total. The maximum atomic E-state index is 9.64. The van der Waals surface area contributed by atoms with Crippen molar-refractivity contribution >= 4 is 5.69 Å². The highest BCUT2D eigenvalue weighted by Gasteiger charge is 2.27. The Morgan fingerprint density at radius 3 is 2.71 bits per heavy atom. The van der Waals surface area contributed by atoms with Crippen LogP contribution in [0.15, 0.2) is 30.3 Å². The van der Waals surface area contributed by atoms with Gasteiger partial charge in [0.2, 0.25) is 0 Å². The summed E-state index contributed by atoms with van der Waals surface area (Å²) in [5.41, 5.74) is 1.23. The Kier molecular flexibility index (Phi) is 2.73. The van der Waals surface area contributed by atoms with Crippen LogP contribution >= 0.6 is 0 Å². The molecule has 1 aromatic carbocycles. The molecule has 1 aliphatic rings. The van der Waals surface area contributed by atoms with Crippen LogP contribution in [0.25, 0.3) is 0 Å². The van der Waals surface area contributed by atoms with Crippen LogP contribution in [0, 0.1) is 0 Å². The van der Waals surface area contributed by atoms with Crippen molar-refractivity contribution in [2.45, 2.75) is 31.9 Å². The molecule has 2 rings (SSSR count). The zero-order valence-electron chi connectivity index (χ0n) is 8.56. The Hall–Kier alpha value is -1.02. The van der Waals surface area contributed by atoms with Crippen LogP contribution in [0.2, 0.25) is 0 Å². The average molecular weight is 191 g/mol. The van der Waals surface area contributed by atoms with Gasteiger partial charge in [0.15, 0.2) is 0 Å². The van der Waals surface area contributed by atoms with Crippen LogP contribution in [-0.4, -0.2) is 23.8 Å². The summed E-state index contributed by atoms with van der Waals surface area (Å²) in [5, 5.41) is 9.64. The summed E-state index contributed by atoms with van der Waals surface area (Å²) >= 11 is 0. The summed E-state index contributed by atoms with van der Waals surface area (Å²) in [4.78, 5) is 2.31. The van der Waals surface area contributed by atoms with Crippen molar-refractivity contribution in [1.29, 1.82) is 0 Å². The van der Waals surface area contributed by atoms with Gasteiger partial charge in [-0.15, -0.1) is 0 Å². The van der Waals surface area contributed by atoms with Gasteiger partial charge in [-0.25, -0.2) is 0 Å². The number of hydrogen-bond donors (Lipinski definition) is 1. The number of aliphatic hydroxyl groups is 1. The highest BCUT2D eigenvalue weighted by molar-refractivity contribution is 5.48. The molecule has 0 spiro atoms. The standard InChI is InChI=1S/C12H17NO/c1-10(14)12-8-5-9-13(12)11-6-3-2-4-7-11/h2-4,6-7,10,12,14H,5,8-9H2,1H3. The Labute approximate surface area is 85.2 Å². The molecule has 0 bridgehead atoms. The number of para-hydroxylation sites is 1. The van der Waals surface area contributed by atoms with Crippen molar-refractivity contribution in [3.8, 4) is 0 Å². The fourth-order valence-corrected chi connectivity index (χ4v) is 2.23. The Bertz CT molecular complexity index is 284. The largest absolute Gasteiger partial charge is 0.391 e. The lowest BCUT2D eigenvalue weighted by Gasteiger charge is -2.28. The summed E-state index contributed by atoms with van der Waals surface area (Å²) in [6, 6.07) is 10.6. The predicted octanol–water partition coefficient (Wildman–Crippen LogP) is 2.04. The molecule has 1 aliphatic heterocycles. The maximum absolute atomic E-state index is 9.64. The van der Waals surface area contributed by atoms with E-state index in [4.69, 9.17) is 0 Å². The lowest BCUT2D eigenvalue weighted by atomic mass is 10.1. The second-order valence-electron chi connectivity index (χ2n) is 3.98. The number of rotatable bonds is 2. The third-order valence-corrected chi connectivity index (χ3v) is 2.94. The summed E-state index contributed by atoms with van der Waals surface area (Å²) in [7, 11) is 0. The van der Waals surface area contributed by atoms with Gasteiger partial charge in [-0.2, -0.15) is 0 Å². The van der Waals surface area contributed by atoms with Gasteiger partial charge in [0.05, 0.1) is 12.1 Å². The minimum Gasteiger partial charge on any atom is -0.391 e. The molecule has 2 atom stereocenters. The zero-order valence-corrected chi connectivity index (χ0v) is 8.56. The second-order valence-corrected chi connectivity index (χ2v) is 3.98. The zero-order chi connectivity index (χ0) is 9.97. The first kappa shape index (κ1) is 9.53. The van der Waals surface area contributed by atoms with Crippen molar-refractivity contribution in [2.75, 3.05) is 11.4 Å². The van der Waals surface area contributed by atoms with E-state index in [1.807, 2.05) is 25.1 Å². The van der Waals surface area contributed by atoms with Crippen LogP contribution in [0.4, 0.5) is 5.69 Å². The molecule has 1 fully saturated rings. The minimum absolute atomic E-state index is 0.238. The molecule has 1 N–H and O–H groups in total. The van der Waals surface area contributed by atoms with Crippen molar-refractivity contribution < 1.29 is 5.11 Å². The van der Waals surface area contributed by atoms with Crippen molar-refractivity contribution in [1.82, 2.24) is 0 Å². The number of benzene rings is 1. The molecule has 0 amide bonds. The number of nitrogens with zero attached hydrogens (tertiary/aromatic N) is 1. The van der Waals surface area contributed by atoms with Gasteiger partial charge in [-0.3, -0.25) is 0 Å². The highest BCUT2D eigenvalue weighted by Crippen LogP contribution is 2.26.